The molecule has 0 aromatic carbocycles. The fourth-order valence-electron chi connectivity index (χ4n) is 4.27. The topological polar surface area (TPSA) is 38.5 Å². The van der Waals surface area contributed by atoms with Gasteiger partial charge in [-0.3, -0.25) is 4.90 Å². The van der Waals surface area contributed by atoms with Crippen molar-refractivity contribution in [2.24, 2.45) is 17.6 Å². The molecule has 2 rings (SSSR count). The van der Waals surface area contributed by atoms with Crippen molar-refractivity contribution >= 4 is 0 Å². The first-order valence-electron chi connectivity index (χ1n) is 8.73. The highest BCUT2D eigenvalue weighted by atomic mass is 16.5. The van der Waals surface area contributed by atoms with Crippen LogP contribution in [0.25, 0.3) is 0 Å². The maximum Gasteiger partial charge on any atom is 0.0469 e. The molecule has 0 radical (unpaired) electrons. The molecule has 118 valence electrons. The minimum Gasteiger partial charge on any atom is -0.381 e. The number of hydrogen-bond donors (Lipinski definition) is 1. The van der Waals surface area contributed by atoms with Gasteiger partial charge in [0.1, 0.15) is 0 Å². The first-order valence-corrected chi connectivity index (χ1v) is 8.73. The third kappa shape index (κ3) is 3.96. The molecule has 1 saturated carbocycles. The van der Waals surface area contributed by atoms with Crippen molar-refractivity contribution in [3.05, 3.63) is 0 Å². The molecule has 2 fully saturated rings. The van der Waals surface area contributed by atoms with Crippen LogP contribution in [0, 0.1) is 11.8 Å². The highest BCUT2D eigenvalue weighted by molar-refractivity contribution is 4.96. The molecule has 0 bridgehead atoms. The SMILES string of the molecule is CCCN(CC1CCOCC1)C1(CN)CCCC(C)C1. The molecule has 3 nitrogen and oxygen atoms in total. The van der Waals surface area contributed by atoms with Crippen LogP contribution in [0.4, 0.5) is 0 Å². The molecule has 2 atom stereocenters. The van der Waals surface area contributed by atoms with Crippen LogP contribution in [0.2, 0.25) is 0 Å². The average Bonchev–Trinajstić information content (AvgIpc) is 2.48. The molecular weight excluding hydrogens is 248 g/mol. The monoisotopic (exact) mass is 282 g/mol. The van der Waals surface area contributed by atoms with Gasteiger partial charge in [-0.25, -0.2) is 0 Å². The van der Waals surface area contributed by atoms with Gasteiger partial charge in [0.15, 0.2) is 0 Å². The lowest BCUT2D eigenvalue weighted by Gasteiger charge is -2.49. The highest BCUT2D eigenvalue weighted by Crippen LogP contribution is 2.37. The number of rotatable bonds is 6. The van der Waals surface area contributed by atoms with Crippen molar-refractivity contribution in [1.29, 1.82) is 0 Å². The summed E-state index contributed by atoms with van der Waals surface area (Å²) in [7, 11) is 0. The molecule has 3 heteroatoms. The van der Waals surface area contributed by atoms with Crippen LogP contribution >= 0.6 is 0 Å². The summed E-state index contributed by atoms with van der Waals surface area (Å²) >= 11 is 0. The number of nitrogens with zero attached hydrogens (tertiary/aromatic N) is 1. The van der Waals surface area contributed by atoms with Crippen molar-refractivity contribution in [3.63, 3.8) is 0 Å². The summed E-state index contributed by atoms with van der Waals surface area (Å²) in [4.78, 5) is 2.76. The molecule has 0 aromatic rings. The Kier molecular flexibility index (Phi) is 6.31. The lowest BCUT2D eigenvalue weighted by molar-refractivity contribution is -0.000111. The fourth-order valence-corrected chi connectivity index (χ4v) is 4.27. The fraction of sp³-hybridized carbons (Fsp3) is 1.00. The standard InChI is InChI=1S/C17H34N2O/c1-3-9-19(13-16-6-10-20-11-7-16)17(14-18)8-4-5-15(2)12-17/h15-16H,3-14,18H2,1-2H3. The van der Waals surface area contributed by atoms with Gasteiger partial charge in [-0.15, -0.1) is 0 Å². The van der Waals surface area contributed by atoms with E-state index in [0.717, 1.165) is 31.6 Å². The number of ether oxygens (including phenoxy) is 1. The van der Waals surface area contributed by atoms with Crippen molar-refractivity contribution in [2.45, 2.75) is 64.3 Å². The van der Waals surface area contributed by atoms with E-state index in [1.807, 2.05) is 0 Å². The van der Waals surface area contributed by atoms with Gasteiger partial charge in [-0.05, 0) is 50.5 Å². The van der Waals surface area contributed by atoms with Crippen molar-refractivity contribution in [3.8, 4) is 0 Å². The van der Waals surface area contributed by atoms with Crippen LogP contribution < -0.4 is 5.73 Å². The van der Waals surface area contributed by atoms with Gasteiger partial charge >= 0.3 is 0 Å². The predicted octanol–water partition coefficient (Wildman–Crippen LogP) is 3.03. The van der Waals surface area contributed by atoms with Crippen molar-refractivity contribution < 1.29 is 4.74 Å². The average molecular weight is 282 g/mol. The second kappa shape index (κ2) is 7.77. The van der Waals surface area contributed by atoms with Crippen molar-refractivity contribution in [1.82, 2.24) is 4.90 Å². The van der Waals surface area contributed by atoms with Crippen LogP contribution in [0.15, 0.2) is 0 Å². The van der Waals surface area contributed by atoms with Gasteiger partial charge in [0, 0.05) is 31.8 Å². The van der Waals surface area contributed by atoms with E-state index in [2.05, 4.69) is 18.7 Å². The largest absolute Gasteiger partial charge is 0.381 e. The molecule has 2 aliphatic rings. The van der Waals surface area contributed by atoms with E-state index in [1.54, 1.807) is 0 Å². The summed E-state index contributed by atoms with van der Waals surface area (Å²) in [5.41, 5.74) is 6.55. The second-order valence-electron chi connectivity index (χ2n) is 7.13. The molecule has 2 N–H and O–H groups in total. The summed E-state index contributed by atoms with van der Waals surface area (Å²) in [5, 5.41) is 0. The normalized spacial score (nSPS) is 32.7. The molecule has 1 aliphatic carbocycles. The van der Waals surface area contributed by atoms with Crippen LogP contribution in [0.3, 0.4) is 0 Å². The number of hydrogen-bond acceptors (Lipinski definition) is 3. The van der Waals surface area contributed by atoms with E-state index in [0.29, 0.717) is 0 Å². The molecule has 1 heterocycles. The summed E-state index contributed by atoms with van der Waals surface area (Å²) in [5.74, 6) is 1.65. The van der Waals surface area contributed by atoms with Gasteiger partial charge < -0.3 is 10.5 Å². The van der Waals surface area contributed by atoms with Crippen molar-refractivity contribution in [2.75, 3.05) is 32.8 Å². The third-order valence-electron chi connectivity index (χ3n) is 5.43. The predicted molar refractivity (Wildman–Crippen MR) is 84.8 cm³/mol. The van der Waals surface area contributed by atoms with Gasteiger partial charge in [0.25, 0.3) is 0 Å². The van der Waals surface area contributed by atoms with E-state index in [4.69, 9.17) is 10.5 Å². The number of nitrogens with two attached hydrogens (primary N) is 1. The minimum absolute atomic E-state index is 0.284. The molecule has 0 spiro atoms. The summed E-state index contributed by atoms with van der Waals surface area (Å²) in [6.07, 6.45) is 9.04. The summed E-state index contributed by atoms with van der Waals surface area (Å²) < 4.78 is 5.51. The van der Waals surface area contributed by atoms with Crippen LogP contribution in [-0.2, 0) is 4.74 Å². The zero-order valence-electron chi connectivity index (χ0n) is 13.6. The maximum absolute atomic E-state index is 6.27. The Hall–Kier alpha value is -0.120. The first kappa shape index (κ1) is 16.3. The summed E-state index contributed by atoms with van der Waals surface area (Å²) in [6.45, 7) is 9.89. The molecule has 0 aromatic heterocycles. The van der Waals surface area contributed by atoms with Gasteiger partial charge in [0.2, 0.25) is 0 Å². The lowest BCUT2D eigenvalue weighted by Crippen LogP contribution is -2.57. The quantitative estimate of drug-likeness (QED) is 0.814. The maximum atomic E-state index is 6.27. The van der Waals surface area contributed by atoms with Crippen LogP contribution in [0.1, 0.15) is 58.8 Å². The Bertz CT molecular complexity index is 278. The van der Waals surface area contributed by atoms with E-state index < -0.39 is 0 Å². The van der Waals surface area contributed by atoms with E-state index in [1.165, 1.54) is 58.0 Å². The Balaban J connectivity index is 2.03. The Labute approximate surface area is 125 Å². The van der Waals surface area contributed by atoms with Crippen LogP contribution in [-0.4, -0.2) is 43.3 Å². The third-order valence-corrected chi connectivity index (χ3v) is 5.43. The summed E-state index contributed by atoms with van der Waals surface area (Å²) in [6, 6.07) is 0. The van der Waals surface area contributed by atoms with Crippen LogP contribution in [0.5, 0.6) is 0 Å². The van der Waals surface area contributed by atoms with E-state index >= 15 is 0 Å². The molecular formula is C17H34N2O. The Morgan fingerprint density at radius 2 is 2.00 bits per heavy atom. The van der Waals surface area contributed by atoms with Gasteiger partial charge in [-0.1, -0.05) is 26.7 Å². The van der Waals surface area contributed by atoms with Gasteiger partial charge in [-0.2, -0.15) is 0 Å². The zero-order chi connectivity index (χ0) is 14.4. The second-order valence-corrected chi connectivity index (χ2v) is 7.13. The Morgan fingerprint density at radius 1 is 1.25 bits per heavy atom. The molecule has 1 aliphatic heterocycles. The molecule has 1 saturated heterocycles. The molecule has 20 heavy (non-hydrogen) atoms. The lowest BCUT2D eigenvalue weighted by atomic mass is 9.74. The van der Waals surface area contributed by atoms with E-state index in [9.17, 15) is 0 Å². The molecule has 2 unspecified atom stereocenters. The minimum atomic E-state index is 0.284. The zero-order valence-corrected chi connectivity index (χ0v) is 13.6. The first-order chi connectivity index (χ1) is 9.70. The Morgan fingerprint density at radius 3 is 2.60 bits per heavy atom. The van der Waals surface area contributed by atoms with E-state index in [-0.39, 0.29) is 5.54 Å². The van der Waals surface area contributed by atoms with Gasteiger partial charge in [0.05, 0.1) is 0 Å². The molecule has 0 amide bonds. The smallest absolute Gasteiger partial charge is 0.0469 e. The highest BCUT2D eigenvalue weighted by Gasteiger charge is 2.39.